The van der Waals surface area contributed by atoms with E-state index in [9.17, 15) is 0 Å². The number of pyridine rings is 1. The van der Waals surface area contributed by atoms with E-state index in [-0.39, 0.29) is 13.2 Å². The maximum atomic E-state index is 8.89. The molecular formula is C22H23N2O4PS. The summed E-state index contributed by atoms with van der Waals surface area (Å²) in [6.07, 6.45) is 1.84. The second kappa shape index (κ2) is 9.33. The zero-order valence-corrected chi connectivity index (χ0v) is 18.5. The van der Waals surface area contributed by atoms with Gasteiger partial charge in [-0.3, -0.25) is 0 Å². The molecule has 0 bridgehead atoms. The van der Waals surface area contributed by atoms with Gasteiger partial charge in [-0.25, -0.2) is 4.98 Å². The highest BCUT2D eigenvalue weighted by Crippen LogP contribution is 2.39. The molecule has 0 radical (unpaired) electrons. The number of thioether (sulfide) groups is 1. The minimum absolute atomic E-state index is 0.0931. The molecule has 0 atom stereocenters. The number of hydrogen-bond donors (Lipinski definition) is 3. The zero-order chi connectivity index (χ0) is 21.1. The predicted molar refractivity (Wildman–Crippen MR) is 123 cm³/mol. The molecule has 0 saturated carbocycles. The second-order valence-electron chi connectivity index (χ2n) is 6.79. The highest BCUT2D eigenvalue weighted by Gasteiger charge is 2.16. The van der Waals surface area contributed by atoms with Gasteiger partial charge in [0.1, 0.15) is 18.0 Å². The lowest BCUT2D eigenvalue weighted by molar-refractivity contribution is 0.195. The van der Waals surface area contributed by atoms with Gasteiger partial charge >= 0.3 is 8.60 Å². The third-order valence-electron chi connectivity index (χ3n) is 4.71. The lowest BCUT2D eigenvalue weighted by Gasteiger charge is -2.12. The number of nitrogens with zero attached hydrogens (tertiary/aromatic N) is 1. The van der Waals surface area contributed by atoms with Crippen LogP contribution >= 0.6 is 20.4 Å². The Kier molecular flexibility index (Phi) is 6.56. The standard InChI is InChI=1S/C22H23N2O4PS/c1-3-30-16-6-4-5-15(12-16)17-7-8-19(27-9-10-28-29(25)26)21-20(17)18-11-14(2)13-23-22(18)24-21/h4-8,11-13,25-26H,3,9-10H2,1-2H3,(H,23,24). The second-order valence-corrected chi connectivity index (χ2v) is 8.89. The first-order valence-corrected chi connectivity index (χ1v) is 11.8. The van der Waals surface area contributed by atoms with E-state index < -0.39 is 8.60 Å². The molecule has 8 heteroatoms. The molecule has 2 aromatic heterocycles. The number of nitrogens with one attached hydrogen (secondary N) is 1. The quantitative estimate of drug-likeness (QED) is 0.192. The third kappa shape index (κ3) is 4.46. The van der Waals surface area contributed by atoms with Crippen molar-refractivity contribution in [3.8, 4) is 16.9 Å². The monoisotopic (exact) mass is 442 g/mol. The topological polar surface area (TPSA) is 87.6 Å². The van der Waals surface area contributed by atoms with Gasteiger partial charge in [0.2, 0.25) is 0 Å². The molecule has 0 unspecified atom stereocenters. The first-order chi connectivity index (χ1) is 14.6. The highest BCUT2D eigenvalue weighted by atomic mass is 32.2. The van der Waals surface area contributed by atoms with Gasteiger partial charge in [-0.15, -0.1) is 11.8 Å². The van der Waals surface area contributed by atoms with Crippen molar-refractivity contribution in [1.82, 2.24) is 9.97 Å². The van der Waals surface area contributed by atoms with Gasteiger partial charge in [-0.2, -0.15) is 0 Å². The molecule has 2 aromatic carbocycles. The Morgan fingerprint density at radius 2 is 2.00 bits per heavy atom. The summed E-state index contributed by atoms with van der Waals surface area (Å²) in [4.78, 5) is 27.0. The van der Waals surface area contributed by atoms with Crippen LogP contribution in [0.25, 0.3) is 33.1 Å². The van der Waals surface area contributed by atoms with Crippen LogP contribution in [0.3, 0.4) is 0 Å². The molecule has 156 valence electrons. The molecule has 0 fully saturated rings. The molecule has 4 aromatic rings. The van der Waals surface area contributed by atoms with Crippen molar-refractivity contribution in [2.45, 2.75) is 18.7 Å². The average molecular weight is 442 g/mol. The van der Waals surface area contributed by atoms with Crippen molar-refractivity contribution in [2.24, 2.45) is 0 Å². The van der Waals surface area contributed by atoms with Crippen LogP contribution in [0.1, 0.15) is 12.5 Å². The van der Waals surface area contributed by atoms with Gasteiger partial charge in [0.05, 0.1) is 12.1 Å². The molecule has 0 aliphatic rings. The molecule has 0 amide bonds. The van der Waals surface area contributed by atoms with E-state index in [0.717, 1.165) is 44.4 Å². The molecule has 0 saturated heterocycles. The summed E-state index contributed by atoms with van der Waals surface area (Å²) < 4.78 is 10.7. The Morgan fingerprint density at radius 3 is 2.80 bits per heavy atom. The summed E-state index contributed by atoms with van der Waals surface area (Å²) in [6, 6.07) is 14.7. The fourth-order valence-corrected chi connectivity index (χ4v) is 4.47. The smallest absolute Gasteiger partial charge is 0.327 e. The molecule has 0 aliphatic carbocycles. The average Bonchev–Trinajstić information content (AvgIpc) is 3.10. The number of hydrogen-bond acceptors (Lipinski definition) is 6. The lowest BCUT2D eigenvalue weighted by Crippen LogP contribution is -2.04. The Labute approximate surface area is 180 Å². The lowest BCUT2D eigenvalue weighted by atomic mass is 9.99. The zero-order valence-electron chi connectivity index (χ0n) is 16.8. The summed E-state index contributed by atoms with van der Waals surface area (Å²) in [5.41, 5.74) is 5.01. The van der Waals surface area contributed by atoms with E-state index in [1.165, 1.54) is 4.90 Å². The Morgan fingerprint density at radius 1 is 1.13 bits per heavy atom. The van der Waals surface area contributed by atoms with E-state index >= 15 is 0 Å². The number of aryl methyl sites for hydroxylation is 1. The fourth-order valence-electron chi connectivity index (χ4n) is 3.52. The maximum absolute atomic E-state index is 8.89. The number of aromatic amines is 1. The van der Waals surface area contributed by atoms with E-state index in [4.69, 9.17) is 19.0 Å². The molecule has 0 aliphatic heterocycles. The Bertz CT molecular complexity index is 1180. The Balaban J connectivity index is 1.83. The van der Waals surface area contributed by atoms with E-state index in [1.807, 2.05) is 30.9 Å². The number of aromatic nitrogens is 2. The van der Waals surface area contributed by atoms with Crippen LogP contribution in [0.5, 0.6) is 5.75 Å². The first-order valence-electron chi connectivity index (χ1n) is 9.64. The van der Waals surface area contributed by atoms with Crippen LogP contribution < -0.4 is 4.74 Å². The summed E-state index contributed by atoms with van der Waals surface area (Å²) >= 11 is 1.82. The van der Waals surface area contributed by atoms with E-state index in [1.54, 1.807) is 0 Å². The predicted octanol–water partition coefficient (Wildman–Crippen LogP) is 5.41. The summed E-state index contributed by atoms with van der Waals surface area (Å²) in [7, 11) is -2.38. The first kappa shape index (κ1) is 21.1. The van der Waals surface area contributed by atoms with Crippen molar-refractivity contribution < 1.29 is 19.0 Å². The van der Waals surface area contributed by atoms with Gasteiger partial charge < -0.3 is 24.0 Å². The largest absolute Gasteiger partial charge is 0.489 e. The Hall–Kier alpha value is -2.15. The number of H-pyrrole nitrogens is 1. The minimum atomic E-state index is -2.38. The van der Waals surface area contributed by atoms with Crippen LogP contribution in [0.15, 0.2) is 53.6 Å². The van der Waals surface area contributed by atoms with Crippen LogP contribution in [0, 0.1) is 6.92 Å². The fraction of sp³-hybridized carbons (Fsp3) is 0.227. The molecular weight excluding hydrogens is 419 g/mol. The van der Waals surface area contributed by atoms with Gasteiger partial charge in [0.25, 0.3) is 0 Å². The minimum Gasteiger partial charge on any atom is -0.489 e. The van der Waals surface area contributed by atoms with Crippen molar-refractivity contribution in [3.63, 3.8) is 0 Å². The molecule has 30 heavy (non-hydrogen) atoms. The summed E-state index contributed by atoms with van der Waals surface area (Å²) in [6.45, 7) is 4.48. The summed E-state index contributed by atoms with van der Waals surface area (Å²) in [5.74, 6) is 1.70. The van der Waals surface area contributed by atoms with Gasteiger partial charge in [-0.05, 0) is 59.7 Å². The van der Waals surface area contributed by atoms with Crippen molar-refractivity contribution in [1.29, 1.82) is 0 Å². The molecule has 6 nitrogen and oxygen atoms in total. The normalized spacial score (nSPS) is 11.6. The van der Waals surface area contributed by atoms with Crippen LogP contribution in [0.4, 0.5) is 0 Å². The van der Waals surface area contributed by atoms with Crippen LogP contribution in [0.2, 0.25) is 0 Å². The van der Waals surface area contributed by atoms with E-state index in [0.29, 0.717) is 5.75 Å². The van der Waals surface area contributed by atoms with E-state index in [2.05, 4.69) is 53.3 Å². The van der Waals surface area contributed by atoms with Gasteiger partial charge in [0, 0.05) is 21.9 Å². The number of rotatable bonds is 8. The number of fused-ring (bicyclic) bond motifs is 3. The van der Waals surface area contributed by atoms with Gasteiger partial charge in [-0.1, -0.05) is 19.1 Å². The van der Waals surface area contributed by atoms with Crippen molar-refractivity contribution >= 4 is 42.3 Å². The maximum Gasteiger partial charge on any atom is 0.327 e. The van der Waals surface area contributed by atoms with Crippen LogP contribution in [-0.4, -0.2) is 38.7 Å². The SMILES string of the molecule is CCSc1cccc(-c2ccc(OCCOP(O)O)c3[nH]c4ncc(C)cc4c23)c1. The summed E-state index contributed by atoms with van der Waals surface area (Å²) in [5, 5.41) is 2.11. The third-order valence-corrected chi connectivity index (χ3v) is 6.00. The molecule has 2 heterocycles. The van der Waals surface area contributed by atoms with Crippen molar-refractivity contribution in [2.75, 3.05) is 19.0 Å². The van der Waals surface area contributed by atoms with Gasteiger partial charge in [0.15, 0.2) is 0 Å². The molecule has 0 spiro atoms. The number of ether oxygens (including phenoxy) is 1. The van der Waals surface area contributed by atoms with Crippen molar-refractivity contribution in [3.05, 3.63) is 54.2 Å². The molecule has 4 rings (SSSR count). The van der Waals surface area contributed by atoms with Crippen LogP contribution in [-0.2, 0) is 4.52 Å². The highest BCUT2D eigenvalue weighted by molar-refractivity contribution is 7.99. The number of benzene rings is 2. The molecule has 3 N–H and O–H groups in total.